The van der Waals surface area contributed by atoms with Crippen LogP contribution in [0.25, 0.3) is 10.9 Å². The van der Waals surface area contributed by atoms with Crippen LogP contribution in [0.15, 0.2) is 59.6 Å². The average molecular weight is 391 g/mol. The van der Waals surface area contributed by atoms with Gasteiger partial charge in [0.05, 0.1) is 27.5 Å². The number of hydrogen-bond donors (Lipinski definition) is 2. The molecule has 1 heterocycles. The summed E-state index contributed by atoms with van der Waals surface area (Å²) >= 11 is 1.39. The van der Waals surface area contributed by atoms with Crippen molar-refractivity contribution in [1.29, 1.82) is 0 Å². The fraction of sp³-hybridized carbons (Fsp3) is 0.227. The molecule has 28 heavy (non-hydrogen) atoms. The van der Waals surface area contributed by atoms with E-state index in [1.807, 2.05) is 43.3 Å². The largest absolute Gasteiger partial charge is 0.349 e. The zero-order valence-corrected chi connectivity index (χ0v) is 16.4. The minimum atomic E-state index is -0.163. The number of aryl methyl sites for hydroxylation is 1. The standard InChI is InChI=1S/C22H21N3O2S/c1-14-12-21(25-18-8-4-2-6-16(14)18)28-13-20(26)24-19-9-5-3-7-17(19)22(27)23-15-10-11-15/h2-9,12,15H,10-11,13H2,1H3,(H,23,27)(H,24,26). The molecule has 0 spiro atoms. The van der Waals surface area contributed by atoms with Gasteiger partial charge in [-0.25, -0.2) is 4.98 Å². The van der Waals surface area contributed by atoms with Gasteiger partial charge in [0.25, 0.3) is 5.91 Å². The number of fused-ring (bicyclic) bond motifs is 1. The lowest BCUT2D eigenvalue weighted by atomic mass is 10.1. The lowest BCUT2D eigenvalue weighted by Crippen LogP contribution is -2.27. The quantitative estimate of drug-likeness (QED) is 0.619. The molecule has 0 saturated heterocycles. The second kappa shape index (κ2) is 8.02. The molecule has 6 heteroatoms. The van der Waals surface area contributed by atoms with E-state index in [4.69, 9.17) is 0 Å². The Morgan fingerprint density at radius 3 is 2.68 bits per heavy atom. The molecular weight excluding hydrogens is 370 g/mol. The molecule has 4 rings (SSSR count). The Bertz CT molecular complexity index is 1050. The van der Waals surface area contributed by atoms with E-state index in [0.717, 1.165) is 34.3 Å². The second-order valence-corrected chi connectivity index (χ2v) is 7.92. The Kier molecular flexibility index (Phi) is 5.30. The van der Waals surface area contributed by atoms with Gasteiger partial charge >= 0.3 is 0 Å². The summed E-state index contributed by atoms with van der Waals surface area (Å²) in [6.07, 6.45) is 2.05. The highest BCUT2D eigenvalue weighted by molar-refractivity contribution is 7.99. The average Bonchev–Trinajstić information content (AvgIpc) is 3.51. The first-order valence-electron chi connectivity index (χ1n) is 9.29. The lowest BCUT2D eigenvalue weighted by Gasteiger charge is -2.11. The van der Waals surface area contributed by atoms with Crippen molar-refractivity contribution in [2.75, 3.05) is 11.1 Å². The number of carbonyl (C=O) groups is 2. The maximum absolute atomic E-state index is 12.5. The van der Waals surface area contributed by atoms with E-state index < -0.39 is 0 Å². The number of pyridine rings is 1. The first-order chi connectivity index (χ1) is 13.6. The molecule has 1 fully saturated rings. The summed E-state index contributed by atoms with van der Waals surface area (Å²) in [4.78, 5) is 29.4. The van der Waals surface area contributed by atoms with Crippen LogP contribution in [-0.2, 0) is 4.79 Å². The van der Waals surface area contributed by atoms with Crippen LogP contribution in [0, 0.1) is 6.92 Å². The van der Waals surface area contributed by atoms with Gasteiger partial charge in [0.15, 0.2) is 0 Å². The second-order valence-electron chi connectivity index (χ2n) is 6.92. The third-order valence-corrected chi connectivity index (χ3v) is 5.52. The molecule has 0 aliphatic heterocycles. The molecular formula is C22H21N3O2S. The molecule has 1 aromatic heterocycles. The number of aromatic nitrogens is 1. The molecule has 0 unspecified atom stereocenters. The van der Waals surface area contributed by atoms with Crippen LogP contribution < -0.4 is 10.6 Å². The van der Waals surface area contributed by atoms with Crippen LogP contribution in [0.3, 0.4) is 0 Å². The fourth-order valence-corrected chi connectivity index (χ4v) is 3.77. The predicted molar refractivity (Wildman–Crippen MR) is 113 cm³/mol. The van der Waals surface area contributed by atoms with Crippen LogP contribution >= 0.6 is 11.8 Å². The van der Waals surface area contributed by atoms with Crippen molar-refractivity contribution in [2.24, 2.45) is 0 Å². The van der Waals surface area contributed by atoms with Gasteiger partial charge in [-0.05, 0) is 49.6 Å². The van der Waals surface area contributed by atoms with E-state index in [1.165, 1.54) is 11.8 Å². The summed E-state index contributed by atoms with van der Waals surface area (Å²) in [6, 6.07) is 17.3. The molecule has 0 atom stereocenters. The normalized spacial score (nSPS) is 13.3. The van der Waals surface area contributed by atoms with Crippen LogP contribution in [0.1, 0.15) is 28.8 Å². The number of carbonyl (C=O) groups excluding carboxylic acids is 2. The summed E-state index contributed by atoms with van der Waals surface area (Å²) in [5, 5.41) is 7.75. The Hall–Kier alpha value is -2.86. The Labute approximate surface area is 167 Å². The van der Waals surface area contributed by atoms with Crippen LogP contribution in [0.4, 0.5) is 5.69 Å². The number of hydrogen-bond acceptors (Lipinski definition) is 4. The van der Waals surface area contributed by atoms with Crippen molar-refractivity contribution >= 4 is 40.2 Å². The third kappa shape index (κ3) is 4.34. The molecule has 0 bridgehead atoms. The molecule has 2 aromatic carbocycles. The van der Waals surface area contributed by atoms with Crippen LogP contribution in [-0.4, -0.2) is 28.6 Å². The highest BCUT2D eigenvalue weighted by Crippen LogP contribution is 2.24. The molecule has 1 aliphatic carbocycles. The third-order valence-electron chi connectivity index (χ3n) is 4.61. The molecule has 2 N–H and O–H groups in total. The zero-order valence-electron chi connectivity index (χ0n) is 15.6. The number of anilines is 1. The molecule has 1 saturated carbocycles. The lowest BCUT2D eigenvalue weighted by molar-refractivity contribution is -0.113. The summed E-state index contributed by atoms with van der Waals surface area (Å²) < 4.78 is 0. The van der Waals surface area contributed by atoms with Crippen molar-refractivity contribution in [3.05, 3.63) is 65.7 Å². The number of para-hydroxylation sites is 2. The van der Waals surface area contributed by atoms with Gasteiger partial charge in [-0.2, -0.15) is 0 Å². The van der Waals surface area contributed by atoms with Crippen LogP contribution in [0.5, 0.6) is 0 Å². The monoisotopic (exact) mass is 391 g/mol. The number of benzene rings is 2. The number of nitrogens with zero attached hydrogens (tertiary/aromatic N) is 1. The highest BCUT2D eigenvalue weighted by atomic mass is 32.2. The fourth-order valence-electron chi connectivity index (χ4n) is 3.00. The van der Waals surface area contributed by atoms with Crippen molar-refractivity contribution in [3.63, 3.8) is 0 Å². The van der Waals surface area contributed by atoms with Crippen molar-refractivity contribution in [3.8, 4) is 0 Å². The number of thioether (sulfide) groups is 1. The van der Waals surface area contributed by atoms with Gasteiger partial charge in [-0.15, -0.1) is 0 Å². The van der Waals surface area contributed by atoms with E-state index in [-0.39, 0.29) is 23.6 Å². The molecule has 3 aromatic rings. The van der Waals surface area contributed by atoms with E-state index in [2.05, 4.69) is 15.6 Å². The SMILES string of the molecule is Cc1cc(SCC(=O)Nc2ccccc2C(=O)NC2CC2)nc2ccccc12. The minimum Gasteiger partial charge on any atom is -0.349 e. The number of rotatable bonds is 6. The Morgan fingerprint density at radius 2 is 1.86 bits per heavy atom. The molecule has 142 valence electrons. The first-order valence-corrected chi connectivity index (χ1v) is 10.3. The smallest absolute Gasteiger partial charge is 0.253 e. The van der Waals surface area contributed by atoms with E-state index >= 15 is 0 Å². The molecule has 2 amide bonds. The van der Waals surface area contributed by atoms with Crippen molar-refractivity contribution < 1.29 is 9.59 Å². The minimum absolute atomic E-state index is 0.141. The van der Waals surface area contributed by atoms with Gasteiger partial charge in [0.2, 0.25) is 5.91 Å². The van der Waals surface area contributed by atoms with Crippen LogP contribution in [0.2, 0.25) is 0 Å². The van der Waals surface area contributed by atoms with Gasteiger partial charge in [-0.1, -0.05) is 42.1 Å². The Balaban J connectivity index is 1.42. The maximum Gasteiger partial charge on any atom is 0.253 e. The van der Waals surface area contributed by atoms with E-state index in [9.17, 15) is 9.59 Å². The highest BCUT2D eigenvalue weighted by Gasteiger charge is 2.25. The molecule has 1 aliphatic rings. The zero-order chi connectivity index (χ0) is 19.5. The van der Waals surface area contributed by atoms with Gasteiger partial charge in [0.1, 0.15) is 0 Å². The van der Waals surface area contributed by atoms with E-state index in [0.29, 0.717) is 11.3 Å². The van der Waals surface area contributed by atoms with E-state index in [1.54, 1.807) is 18.2 Å². The maximum atomic E-state index is 12.5. The predicted octanol–water partition coefficient (Wildman–Crippen LogP) is 4.17. The number of nitrogens with one attached hydrogen (secondary N) is 2. The summed E-state index contributed by atoms with van der Waals surface area (Å²) in [5.74, 6) is -0.0780. The first kappa shape index (κ1) is 18.5. The number of amides is 2. The summed E-state index contributed by atoms with van der Waals surface area (Å²) in [7, 11) is 0. The van der Waals surface area contributed by atoms with Gasteiger partial charge in [0, 0.05) is 11.4 Å². The van der Waals surface area contributed by atoms with Gasteiger partial charge in [-0.3, -0.25) is 9.59 Å². The van der Waals surface area contributed by atoms with Crippen molar-refractivity contribution in [2.45, 2.75) is 30.8 Å². The molecule has 5 nitrogen and oxygen atoms in total. The van der Waals surface area contributed by atoms with Crippen molar-refractivity contribution in [1.82, 2.24) is 10.3 Å². The summed E-state index contributed by atoms with van der Waals surface area (Å²) in [6.45, 7) is 2.04. The molecule has 0 radical (unpaired) electrons. The topological polar surface area (TPSA) is 71.1 Å². The Morgan fingerprint density at radius 1 is 1.11 bits per heavy atom. The van der Waals surface area contributed by atoms with Gasteiger partial charge < -0.3 is 10.6 Å². The summed E-state index contributed by atoms with van der Waals surface area (Å²) in [5.41, 5.74) is 3.09.